The molecule has 1 aromatic carbocycles. The van der Waals surface area contributed by atoms with Crippen molar-refractivity contribution in [3.8, 4) is 0 Å². The fourth-order valence-corrected chi connectivity index (χ4v) is 3.56. The van der Waals surface area contributed by atoms with Gasteiger partial charge in [-0.05, 0) is 30.4 Å². The molecule has 0 radical (unpaired) electrons. The van der Waals surface area contributed by atoms with E-state index in [9.17, 15) is 22.8 Å². The number of halogens is 3. The first-order valence-electron chi connectivity index (χ1n) is 9.53. The van der Waals surface area contributed by atoms with E-state index in [2.05, 4.69) is 10.6 Å². The van der Waals surface area contributed by atoms with Crippen LogP contribution >= 0.6 is 0 Å². The highest BCUT2D eigenvalue weighted by Gasteiger charge is 2.38. The molecule has 2 rings (SSSR count). The number of amides is 2. The minimum Gasteiger partial charge on any atom is -0.354 e. The predicted molar refractivity (Wildman–Crippen MR) is 100 cm³/mol. The molecule has 2 amide bonds. The lowest BCUT2D eigenvalue weighted by atomic mass is 9.78. The van der Waals surface area contributed by atoms with Crippen LogP contribution < -0.4 is 16.4 Å². The Balaban J connectivity index is 2.02. The van der Waals surface area contributed by atoms with Crippen LogP contribution in [0.2, 0.25) is 0 Å². The van der Waals surface area contributed by atoms with Gasteiger partial charge >= 0.3 is 6.18 Å². The zero-order valence-corrected chi connectivity index (χ0v) is 16.2. The van der Waals surface area contributed by atoms with Crippen LogP contribution in [0.5, 0.6) is 0 Å². The fraction of sp³-hybridized carbons (Fsp3) is 0.600. The van der Waals surface area contributed by atoms with Gasteiger partial charge in [0.25, 0.3) is 0 Å². The molecule has 4 N–H and O–H groups in total. The van der Waals surface area contributed by atoms with Crippen molar-refractivity contribution >= 4 is 11.8 Å². The van der Waals surface area contributed by atoms with Gasteiger partial charge in [0, 0.05) is 12.0 Å². The first-order chi connectivity index (χ1) is 13.0. The molecule has 8 heteroatoms. The van der Waals surface area contributed by atoms with E-state index in [1.165, 1.54) is 12.1 Å². The number of carbonyl (C=O) groups is 2. The Hall–Kier alpha value is -2.09. The molecule has 28 heavy (non-hydrogen) atoms. The molecular weight excluding hydrogens is 371 g/mol. The molecule has 1 saturated carbocycles. The van der Waals surface area contributed by atoms with Crippen LogP contribution in [-0.4, -0.2) is 30.9 Å². The van der Waals surface area contributed by atoms with Crippen LogP contribution in [0, 0.1) is 5.92 Å². The maximum Gasteiger partial charge on any atom is 0.416 e. The molecule has 0 heterocycles. The van der Waals surface area contributed by atoms with Gasteiger partial charge < -0.3 is 16.4 Å². The van der Waals surface area contributed by atoms with E-state index in [0.717, 1.165) is 18.9 Å². The average molecular weight is 399 g/mol. The lowest BCUT2D eigenvalue weighted by Gasteiger charge is -2.30. The molecule has 0 spiro atoms. The average Bonchev–Trinajstić information content (AvgIpc) is 3.13. The Kier molecular flexibility index (Phi) is 7.09. The highest BCUT2D eigenvalue weighted by Crippen LogP contribution is 2.42. The van der Waals surface area contributed by atoms with Crippen LogP contribution in [0.3, 0.4) is 0 Å². The van der Waals surface area contributed by atoms with E-state index in [-0.39, 0.29) is 24.9 Å². The molecule has 1 aromatic rings. The lowest BCUT2D eigenvalue weighted by molar-refractivity contribution is -0.137. The summed E-state index contributed by atoms with van der Waals surface area (Å²) in [6, 6.07) is 4.64. The number of nitrogens with one attached hydrogen (secondary N) is 2. The zero-order valence-electron chi connectivity index (χ0n) is 16.2. The summed E-state index contributed by atoms with van der Waals surface area (Å²) in [5.74, 6) is -0.841. The van der Waals surface area contributed by atoms with Gasteiger partial charge in [-0.15, -0.1) is 0 Å². The monoisotopic (exact) mass is 399 g/mol. The molecule has 1 fully saturated rings. The van der Waals surface area contributed by atoms with E-state index < -0.39 is 29.1 Å². The second-order valence-electron chi connectivity index (χ2n) is 7.83. The third kappa shape index (κ3) is 5.47. The van der Waals surface area contributed by atoms with Crippen LogP contribution in [0.15, 0.2) is 24.3 Å². The minimum atomic E-state index is -4.40. The Morgan fingerprint density at radius 1 is 1.18 bits per heavy atom. The van der Waals surface area contributed by atoms with E-state index in [1.54, 1.807) is 6.07 Å². The van der Waals surface area contributed by atoms with E-state index in [1.807, 2.05) is 13.8 Å². The molecular formula is C20H28F3N3O2. The van der Waals surface area contributed by atoms with Crippen molar-refractivity contribution in [2.75, 3.05) is 13.1 Å². The van der Waals surface area contributed by atoms with Gasteiger partial charge in [-0.2, -0.15) is 13.2 Å². The van der Waals surface area contributed by atoms with Crippen LogP contribution in [0.1, 0.15) is 50.7 Å². The molecule has 0 unspecified atom stereocenters. The molecule has 0 saturated heterocycles. The van der Waals surface area contributed by atoms with E-state index in [0.29, 0.717) is 18.4 Å². The summed E-state index contributed by atoms with van der Waals surface area (Å²) in [7, 11) is 0. The van der Waals surface area contributed by atoms with Crippen molar-refractivity contribution in [1.29, 1.82) is 0 Å². The van der Waals surface area contributed by atoms with Crippen LogP contribution in [0.25, 0.3) is 0 Å². The molecule has 1 aliphatic carbocycles. The van der Waals surface area contributed by atoms with Gasteiger partial charge in [-0.1, -0.05) is 44.9 Å². The summed E-state index contributed by atoms with van der Waals surface area (Å²) in [5.41, 5.74) is 5.12. The number of hydrogen-bond acceptors (Lipinski definition) is 3. The van der Waals surface area contributed by atoms with Crippen molar-refractivity contribution < 1.29 is 22.8 Å². The number of alkyl halides is 3. The van der Waals surface area contributed by atoms with Gasteiger partial charge in [-0.3, -0.25) is 9.59 Å². The molecule has 0 aromatic heterocycles. The molecule has 0 bridgehead atoms. The molecule has 1 aliphatic rings. The Labute approximate surface area is 163 Å². The molecule has 0 aliphatic heterocycles. The van der Waals surface area contributed by atoms with Crippen molar-refractivity contribution in [3.63, 3.8) is 0 Å². The van der Waals surface area contributed by atoms with Crippen molar-refractivity contribution in [2.45, 2.75) is 57.2 Å². The third-order valence-corrected chi connectivity index (χ3v) is 5.43. The van der Waals surface area contributed by atoms with Gasteiger partial charge in [-0.25, -0.2) is 0 Å². The largest absolute Gasteiger partial charge is 0.416 e. The van der Waals surface area contributed by atoms with Crippen molar-refractivity contribution in [1.82, 2.24) is 10.6 Å². The Morgan fingerprint density at radius 3 is 2.39 bits per heavy atom. The number of hydrogen-bond donors (Lipinski definition) is 3. The van der Waals surface area contributed by atoms with Gasteiger partial charge in [0.05, 0.1) is 18.2 Å². The second kappa shape index (κ2) is 8.94. The predicted octanol–water partition coefficient (Wildman–Crippen LogP) is 2.73. The second-order valence-corrected chi connectivity index (χ2v) is 7.83. The maximum atomic E-state index is 13.1. The number of benzene rings is 1. The van der Waals surface area contributed by atoms with Crippen molar-refractivity contribution in [2.24, 2.45) is 11.7 Å². The number of rotatable bonds is 7. The maximum absolute atomic E-state index is 13.1. The van der Waals surface area contributed by atoms with Gasteiger partial charge in [0.15, 0.2) is 0 Å². The number of nitrogens with two attached hydrogens (primary N) is 1. The zero-order chi connectivity index (χ0) is 20.9. The van der Waals surface area contributed by atoms with Gasteiger partial charge in [0.2, 0.25) is 11.8 Å². The first kappa shape index (κ1) is 22.2. The highest BCUT2D eigenvalue weighted by atomic mass is 19.4. The number of carbonyl (C=O) groups excluding carboxylic acids is 2. The normalized spacial score (nSPS) is 17.4. The quantitative estimate of drug-likeness (QED) is 0.659. The smallest absolute Gasteiger partial charge is 0.354 e. The summed E-state index contributed by atoms with van der Waals surface area (Å²) in [6.45, 7) is 3.64. The minimum absolute atomic E-state index is 0.0503. The summed E-state index contributed by atoms with van der Waals surface area (Å²) in [6.07, 6.45) is -1.20. The summed E-state index contributed by atoms with van der Waals surface area (Å²) in [4.78, 5) is 24.0. The summed E-state index contributed by atoms with van der Waals surface area (Å²) in [5, 5.41) is 5.27. The molecule has 5 nitrogen and oxygen atoms in total. The van der Waals surface area contributed by atoms with E-state index >= 15 is 0 Å². The third-order valence-electron chi connectivity index (χ3n) is 5.43. The van der Waals surface area contributed by atoms with Crippen molar-refractivity contribution in [3.05, 3.63) is 35.4 Å². The summed E-state index contributed by atoms with van der Waals surface area (Å²) >= 11 is 0. The first-order valence-corrected chi connectivity index (χ1v) is 9.53. The summed E-state index contributed by atoms with van der Waals surface area (Å²) < 4.78 is 39.2. The van der Waals surface area contributed by atoms with Crippen LogP contribution in [0.4, 0.5) is 13.2 Å². The van der Waals surface area contributed by atoms with Gasteiger partial charge in [0.1, 0.15) is 0 Å². The Morgan fingerprint density at radius 2 is 1.82 bits per heavy atom. The lowest BCUT2D eigenvalue weighted by Crippen LogP contribution is -2.48. The molecule has 156 valence electrons. The highest BCUT2D eigenvalue weighted by molar-refractivity contribution is 5.87. The molecule has 1 atom stereocenters. The SMILES string of the molecule is CC(C)[C@H](N)C(=O)NCC(=O)NCC1(c2cccc(C(F)(F)F)c2)CCCC1. The van der Waals surface area contributed by atoms with E-state index in [4.69, 9.17) is 5.73 Å². The topological polar surface area (TPSA) is 84.2 Å². The fourth-order valence-electron chi connectivity index (χ4n) is 3.56. The Bertz CT molecular complexity index is 698. The standard InChI is InChI=1S/C20H28F3N3O2/c1-13(2)17(24)18(28)25-11-16(27)26-12-19(8-3-4-9-19)14-6-5-7-15(10-14)20(21,22)23/h5-7,10,13,17H,3-4,8-9,11-12,24H2,1-2H3,(H,25,28)(H,26,27)/t17-/m0/s1. The van der Waals surface area contributed by atoms with Crippen LogP contribution in [-0.2, 0) is 21.2 Å².